The zero-order valence-corrected chi connectivity index (χ0v) is 13.6. The van der Waals surface area contributed by atoms with Crippen LogP contribution in [-0.2, 0) is 11.3 Å². The highest BCUT2D eigenvalue weighted by Gasteiger charge is 2.15. The van der Waals surface area contributed by atoms with Crippen molar-refractivity contribution in [2.75, 3.05) is 10.6 Å². The summed E-state index contributed by atoms with van der Waals surface area (Å²) in [5, 5.41) is 13.8. The largest absolute Gasteiger partial charge is 0.371 e. The number of carbonyl (C=O) groups excluding carboxylic acids is 1. The van der Waals surface area contributed by atoms with Crippen LogP contribution in [0.25, 0.3) is 0 Å². The lowest BCUT2D eigenvalue weighted by molar-refractivity contribution is -0.116. The van der Waals surface area contributed by atoms with Gasteiger partial charge in [0.25, 0.3) is 0 Å². The first kappa shape index (κ1) is 15.8. The fraction of sp³-hybridized carbons (Fsp3) is 0.235. The molecule has 2 N–H and O–H groups in total. The van der Waals surface area contributed by atoms with Gasteiger partial charge in [-0.05, 0) is 19.4 Å². The van der Waals surface area contributed by atoms with Gasteiger partial charge in [0.1, 0.15) is 6.04 Å². The molecule has 124 valence electrons. The number of benzene rings is 1. The molecular formula is C17H19N5O2. The Morgan fingerprint density at radius 3 is 2.83 bits per heavy atom. The fourth-order valence-corrected chi connectivity index (χ4v) is 2.26. The molecule has 0 radical (unpaired) electrons. The number of hydrogen-bond donors (Lipinski definition) is 2. The zero-order chi connectivity index (χ0) is 16.9. The van der Waals surface area contributed by atoms with Gasteiger partial charge in [0.05, 0.1) is 24.1 Å². The lowest BCUT2D eigenvalue weighted by atomic mass is 10.2. The normalized spacial score (nSPS) is 11.9. The maximum Gasteiger partial charge on any atom is 0.248 e. The van der Waals surface area contributed by atoms with Gasteiger partial charge in [0.2, 0.25) is 11.8 Å². The Morgan fingerprint density at radius 2 is 2.12 bits per heavy atom. The lowest BCUT2D eigenvalue weighted by Gasteiger charge is -2.12. The molecule has 0 aliphatic heterocycles. The van der Waals surface area contributed by atoms with E-state index in [-0.39, 0.29) is 5.91 Å². The van der Waals surface area contributed by atoms with Crippen LogP contribution in [0.2, 0.25) is 0 Å². The quantitative estimate of drug-likeness (QED) is 0.728. The minimum absolute atomic E-state index is 0.207. The molecule has 1 aromatic carbocycles. The van der Waals surface area contributed by atoms with Crippen molar-refractivity contribution in [3.05, 3.63) is 60.0 Å². The van der Waals surface area contributed by atoms with E-state index in [0.29, 0.717) is 18.1 Å². The van der Waals surface area contributed by atoms with Crippen LogP contribution in [0.5, 0.6) is 0 Å². The van der Waals surface area contributed by atoms with Gasteiger partial charge in [0, 0.05) is 12.3 Å². The molecule has 3 aromatic rings. The molecule has 7 nitrogen and oxygen atoms in total. The molecule has 0 saturated heterocycles. The summed E-state index contributed by atoms with van der Waals surface area (Å²) < 4.78 is 6.80. The van der Waals surface area contributed by atoms with Gasteiger partial charge in [-0.2, -0.15) is 5.10 Å². The monoisotopic (exact) mass is 325 g/mol. The van der Waals surface area contributed by atoms with Gasteiger partial charge < -0.3 is 9.84 Å². The van der Waals surface area contributed by atoms with Crippen molar-refractivity contribution in [2.45, 2.75) is 26.4 Å². The zero-order valence-electron chi connectivity index (χ0n) is 13.6. The summed E-state index contributed by atoms with van der Waals surface area (Å²) in [4.78, 5) is 12.1. The lowest BCUT2D eigenvalue weighted by Crippen LogP contribution is -2.31. The third-order valence-electron chi connectivity index (χ3n) is 3.47. The van der Waals surface area contributed by atoms with Crippen LogP contribution < -0.4 is 10.6 Å². The molecule has 7 heteroatoms. The number of anilines is 2. The van der Waals surface area contributed by atoms with Crippen LogP contribution >= 0.6 is 0 Å². The van der Waals surface area contributed by atoms with Crippen molar-refractivity contribution >= 4 is 17.5 Å². The predicted octanol–water partition coefficient (Wildman–Crippen LogP) is 2.67. The van der Waals surface area contributed by atoms with E-state index in [1.54, 1.807) is 26.1 Å². The van der Waals surface area contributed by atoms with Crippen molar-refractivity contribution in [2.24, 2.45) is 0 Å². The average molecular weight is 325 g/mol. The Balaban J connectivity index is 1.56. The number of hydrogen-bond acceptors (Lipinski definition) is 5. The molecule has 0 spiro atoms. The van der Waals surface area contributed by atoms with E-state index in [0.717, 1.165) is 5.69 Å². The number of nitrogens with zero attached hydrogens (tertiary/aromatic N) is 3. The number of aryl methyl sites for hydroxylation is 1. The summed E-state index contributed by atoms with van der Waals surface area (Å²) in [6.07, 6.45) is 3.57. The first-order valence-corrected chi connectivity index (χ1v) is 7.67. The van der Waals surface area contributed by atoms with Crippen LogP contribution in [0.1, 0.15) is 18.2 Å². The van der Waals surface area contributed by atoms with E-state index < -0.39 is 6.04 Å². The van der Waals surface area contributed by atoms with Gasteiger partial charge in [-0.15, -0.1) is 0 Å². The van der Waals surface area contributed by atoms with Crippen LogP contribution in [-0.4, -0.2) is 26.9 Å². The Bertz CT molecular complexity index is 809. The topological polar surface area (TPSA) is 85.0 Å². The van der Waals surface area contributed by atoms with Crippen LogP contribution in [0, 0.1) is 6.92 Å². The van der Waals surface area contributed by atoms with E-state index in [9.17, 15) is 4.79 Å². The molecule has 0 saturated carbocycles. The summed E-state index contributed by atoms with van der Waals surface area (Å²) in [6, 6.07) is 11.3. The van der Waals surface area contributed by atoms with Gasteiger partial charge in [-0.3, -0.25) is 14.8 Å². The van der Waals surface area contributed by atoms with Crippen molar-refractivity contribution < 1.29 is 9.32 Å². The number of rotatable bonds is 6. The van der Waals surface area contributed by atoms with Crippen molar-refractivity contribution in [3.8, 4) is 0 Å². The van der Waals surface area contributed by atoms with E-state index >= 15 is 0 Å². The predicted molar refractivity (Wildman–Crippen MR) is 90.7 cm³/mol. The first-order chi connectivity index (χ1) is 11.6. The minimum Gasteiger partial charge on any atom is -0.371 e. The van der Waals surface area contributed by atoms with Gasteiger partial charge in [-0.25, -0.2) is 0 Å². The summed E-state index contributed by atoms with van der Waals surface area (Å²) in [5.74, 6) is 0.132. The molecule has 0 aliphatic rings. The Labute approximate surface area is 139 Å². The Morgan fingerprint density at radius 1 is 1.33 bits per heavy atom. The van der Waals surface area contributed by atoms with E-state index in [2.05, 4.69) is 20.9 Å². The second kappa shape index (κ2) is 6.99. The molecule has 1 atom stereocenters. The van der Waals surface area contributed by atoms with Crippen molar-refractivity contribution in [3.63, 3.8) is 0 Å². The highest BCUT2D eigenvalue weighted by molar-refractivity contribution is 5.95. The summed E-state index contributed by atoms with van der Waals surface area (Å²) in [6.45, 7) is 4.25. The summed E-state index contributed by atoms with van der Waals surface area (Å²) in [5.41, 5.74) is 2.66. The molecule has 2 aromatic heterocycles. The van der Waals surface area contributed by atoms with Crippen LogP contribution in [0.4, 0.5) is 11.6 Å². The average Bonchev–Trinajstić information content (AvgIpc) is 3.17. The smallest absolute Gasteiger partial charge is 0.248 e. The molecule has 1 amide bonds. The standard InChI is InChI=1S/C17H19N5O2/c1-12-8-16(24-21-12)20-17(23)13(2)19-15-9-18-22(11-15)10-14-6-4-3-5-7-14/h3-9,11,13,19H,10H2,1-2H3,(H,20,23)/t13-/m0/s1. The number of amides is 1. The first-order valence-electron chi connectivity index (χ1n) is 7.67. The second-order valence-electron chi connectivity index (χ2n) is 5.60. The molecule has 0 unspecified atom stereocenters. The molecule has 3 rings (SSSR count). The summed E-state index contributed by atoms with van der Waals surface area (Å²) >= 11 is 0. The molecule has 0 bridgehead atoms. The number of nitrogens with one attached hydrogen (secondary N) is 2. The maximum absolute atomic E-state index is 12.1. The molecule has 2 heterocycles. The third kappa shape index (κ3) is 4.01. The van der Waals surface area contributed by atoms with E-state index in [4.69, 9.17) is 4.52 Å². The highest BCUT2D eigenvalue weighted by atomic mass is 16.5. The van der Waals surface area contributed by atoms with E-state index in [1.807, 2.05) is 41.2 Å². The molecule has 0 fully saturated rings. The number of aromatic nitrogens is 3. The molecule has 0 aliphatic carbocycles. The SMILES string of the molecule is Cc1cc(NC(=O)[C@H](C)Nc2cnn(Cc3ccccc3)c2)on1. The van der Waals surface area contributed by atoms with Gasteiger partial charge >= 0.3 is 0 Å². The van der Waals surface area contributed by atoms with Gasteiger partial charge in [0.15, 0.2) is 0 Å². The fourth-order valence-electron chi connectivity index (χ4n) is 2.26. The maximum atomic E-state index is 12.1. The third-order valence-corrected chi connectivity index (χ3v) is 3.47. The second-order valence-corrected chi connectivity index (χ2v) is 5.60. The molecular weight excluding hydrogens is 306 g/mol. The Kier molecular flexibility index (Phi) is 4.60. The Hall–Kier alpha value is -3.09. The summed E-state index contributed by atoms with van der Waals surface area (Å²) in [7, 11) is 0. The van der Waals surface area contributed by atoms with Crippen molar-refractivity contribution in [1.82, 2.24) is 14.9 Å². The number of carbonyl (C=O) groups is 1. The molecule has 24 heavy (non-hydrogen) atoms. The highest BCUT2D eigenvalue weighted by Crippen LogP contribution is 2.12. The minimum atomic E-state index is -0.440. The van der Waals surface area contributed by atoms with Crippen LogP contribution in [0.3, 0.4) is 0 Å². The van der Waals surface area contributed by atoms with E-state index in [1.165, 1.54) is 5.56 Å². The van der Waals surface area contributed by atoms with Crippen molar-refractivity contribution in [1.29, 1.82) is 0 Å². The van der Waals surface area contributed by atoms with Crippen LogP contribution in [0.15, 0.2) is 53.3 Å². The van der Waals surface area contributed by atoms with Gasteiger partial charge in [-0.1, -0.05) is 35.5 Å².